The van der Waals surface area contributed by atoms with Crippen LogP contribution in [0.3, 0.4) is 0 Å². The number of urea groups is 1. The van der Waals surface area contributed by atoms with Gasteiger partial charge >= 0.3 is 6.03 Å². The van der Waals surface area contributed by atoms with Crippen LogP contribution in [0.5, 0.6) is 0 Å². The number of hydrogen-bond donors (Lipinski definition) is 2. The van der Waals surface area contributed by atoms with Crippen molar-refractivity contribution in [3.63, 3.8) is 0 Å². The van der Waals surface area contributed by atoms with Gasteiger partial charge in [-0.25, -0.2) is 9.78 Å². The second-order valence-corrected chi connectivity index (χ2v) is 6.45. The minimum absolute atomic E-state index is 0.143. The van der Waals surface area contributed by atoms with Crippen molar-refractivity contribution in [3.05, 3.63) is 18.0 Å². The maximum absolute atomic E-state index is 12.1. The molecular weight excluding hydrogens is 316 g/mol. The van der Waals surface area contributed by atoms with Crippen LogP contribution in [-0.2, 0) is 6.54 Å². The van der Waals surface area contributed by atoms with Gasteiger partial charge in [-0.05, 0) is 20.8 Å². The van der Waals surface area contributed by atoms with Crippen LogP contribution < -0.4 is 5.32 Å². The number of thioether (sulfide) groups is 1. The lowest BCUT2D eigenvalue weighted by atomic mass is 10.4. The number of carbonyl (C=O) groups is 1. The Bertz CT molecular complexity index is 637. The van der Waals surface area contributed by atoms with Crippen molar-refractivity contribution in [3.8, 4) is 0 Å². The number of aromatic nitrogens is 6. The highest BCUT2D eigenvalue weighted by Crippen LogP contribution is 2.11. The van der Waals surface area contributed by atoms with E-state index >= 15 is 0 Å². The zero-order chi connectivity index (χ0) is 16.8. The molecule has 0 saturated carbocycles. The van der Waals surface area contributed by atoms with Gasteiger partial charge in [0.25, 0.3) is 0 Å². The summed E-state index contributed by atoms with van der Waals surface area (Å²) in [5, 5.41) is 18.3. The molecule has 0 bridgehead atoms. The minimum atomic E-state index is -0.143. The van der Waals surface area contributed by atoms with Gasteiger partial charge in [-0.3, -0.25) is 5.10 Å². The summed E-state index contributed by atoms with van der Waals surface area (Å²) >= 11 is 1.49. The predicted molar refractivity (Wildman–Crippen MR) is 87.1 cm³/mol. The third kappa shape index (κ3) is 4.95. The molecule has 2 heterocycles. The Morgan fingerprint density at radius 1 is 1.52 bits per heavy atom. The average molecular weight is 338 g/mol. The number of nitrogens with zero attached hydrogens (tertiary/aromatic N) is 6. The lowest BCUT2D eigenvalue weighted by molar-refractivity contribution is 0.205. The van der Waals surface area contributed by atoms with E-state index in [1.807, 2.05) is 11.5 Å². The largest absolute Gasteiger partial charge is 0.337 e. The Balaban J connectivity index is 1.73. The second kappa shape index (κ2) is 7.95. The highest BCUT2D eigenvalue weighted by atomic mass is 32.2. The summed E-state index contributed by atoms with van der Waals surface area (Å²) in [5.41, 5.74) is 0. The van der Waals surface area contributed by atoms with Crippen molar-refractivity contribution >= 4 is 17.8 Å². The van der Waals surface area contributed by atoms with E-state index in [9.17, 15) is 4.79 Å². The fraction of sp³-hybridized carbons (Fsp3) is 0.615. The van der Waals surface area contributed by atoms with Gasteiger partial charge in [0.15, 0.2) is 5.82 Å². The molecule has 0 saturated heterocycles. The molecule has 0 radical (unpaired) electrons. The van der Waals surface area contributed by atoms with Crippen molar-refractivity contribution in [2.75, 3.05) is 19.3 Å². The first-order valence-electron chi connectivity index (χ1n) is 7.36. The first kappa shape index (κ1) is 17.3. The number of aromatic amines is 1. The molecule has 0 aliphatic heterocycles. The Morgan fingerprint density at radius 3 is 2.96 bits per heavy atom. The number of hydrogen-bond acceptors (Lipinski definition) is 6. The van der Waals surface area contributed by atoms with Crippen LogP contribution >= 0.6 is 11.8 Å². The topological polar surface area (TPSA) is 105 Å². The van der Waals surface area contributed by atoms with Crippen LogP contribution in [-0.4, -0.2) is 60.2 Å². The van der Waals surface area contributed by atoms with Crippen molar-refractivity contribution in [1.29, 1.82) is 0 Å². The molecule has 2 N–H and O–H groups in total. The molecule has 2 aromatic heterocycles. The maximum atomic E-state index is 12.1. The van der Waals surface area contributed by atoms with E-state index in [1.54, 1.807) is 18.3 Å². The van der Waals surface area contributed by atoms with E-state index in [2.05, 4.69) is 44.5 Å². The molecule has 126 valence electrons. The molecule has 0 aliphatic rings. The molecule has 9 nitrogen and oxygen atoms in total. The number of carbonyl (C=O) groups excluding carboxylic acids is 1. The quantitative estimate of drug-likeness (QED) is 0.581. The van der Waals surface area contributed by atoms with Crippen molar-refractivity contribution in [2.24, 2.45) is 0 Å². The monoisotopic (exact) mass is 338 g/mol. The SMILES string of the molecule is Cc1nc(SCCNC(=O)N(C)Cc2nncn2C(C)C)n[nH]1. The minimum Gasteiger partial charge on any atom is -0.337 e. The van der Waals surface area contributed by atoms with Crippen LogP contribution in [0.25, 0.3) is 0 Å². The Labute approximate surface area is 139 Å². The van der Waals surface area contributed by atoms with E-state index in [-0.39, 0.29) is 12.1 Å². The van der Waals surface area contributed by atoms with Gasteiger partial charge in [-0.1, -0.05) is 11.8 Å². The average Bonchev–Trinajstić information content (AvgIpc) is 3.12. The summed E-state index contributed by atoms with van der Waals surface area (Å²) < 4.78 is 1.95. The van der Waals surface area contributed by atoms with Gasteiger partial charge in [0.05, 0.1) is 6.54 Å². The van der Waals surface area contributed by atoms with E-state index in [0.717, 1.165) is 11.6 Å². The first-order valence-corrected chi connectivity index (χ1v) is 8.35. The number of aryl methyl sites for hydroxylation is 1. The number of amides is 2. The molecule has 0 atom stereocenters. The number of H-pyrrole nitrogens is 1. The van der Waals surface area contributed by atoms with Crippen LogP contribution in [0.2, 0.25) is 0 Å². The zero-order valence-corrected chi connectivity index (χ0v) is 14.6. The third-order valence-electron chi connectivity index (χ3n) is 3.12. The molecule has 0 aliphatic carbocycles. The third-order valence-corrected chi connectivity index (χ3v) is 3.96. The lowest BCUT2D eigenvalue weighted by Gasteiger charge is -2.18. The first-order chi connectivity index (χ1) is 11.0. The van der Waals surface area contributed by atoms with E-state index in [4.69, 9.17) is 0 Å². The van der Waals surface area contributed by atoms with Crippen molar-refractivity contribution < 1.29 is 4.79 Å². The van der Waals surface area contributed by atoms with Crippen molar-refractivity contribution in [2.45, 2.75) is 38.5 Å². The van der Waals surface area contributed by atoms with E-state index < -0.39 is 0 Å². The standard InChI is InChI=1S/C13H22N8OS/c1-9(2)21-8-15-18-11(21)7-20(4)13(22)14-5-6-23-12-16-10(3)17-19-12/h8-9H,5-7H2,1-4H3,(H,14,22)(H,16,17,19). The fourth-order valence-electron chi connectivity index (χ4n) is 1.92. The molecule has 10 heteroatoms. The molecule has 2 aromatic rings. The molecule has 23 heavy (non-hydrogen) atoms. The Kier molecular flexibility index (Phi) is 5.97. The second-order valence-electron chi connectivity index (χ2n) is 5.39. The Morgan fingerprint density at radius 2 is 2.30 bits per heavy atom. The zero-order valence-electron chi connectivity index (χ0n) is 13.8. The predicted octanol–water partition coefficient (Wildman–Crippen LogP) is 1.22. The lowest BCUT2D eigenvalue weighted by Crippen LogP contribution is -2.38. The van der Waals surface area contributed by atoms with Gasteiger partial charge < -0.3 is 14.8 Å². The number of rotatable bonds is 7. The smallest absolute Gasteiger partial charge is 0.317 e. The van der Waals surface area contributed by atoms with Crippen LogP contribution in [0.4, 0.5) is 4.79 Å². The fourth-order valence-corrected chi connectivity index (χ4v) is 2.62. The van der Waals surface area contributed by atoms with E-state index in [0.29, 0.717) is 24.0 Å². The molecule has 0 aromatic carbocycles. The molecule has 2 rings (SSSR count). The van der Waals surface area contributed by atoms with Gasteiger partial charge in [0.2, 0.25) is 5.16 Å². The summed E-state index contributed by atoms with van der Waals surface area (Å²) in [6.45, 7) is 6.91. The van der Waals surface area contributed by atoms with Gasteiger partial charge in [0, 0.05) is 25.4 Å². The van der Waals surface area contributed by atoms with Gasteiger partial charge in [0.1, 0.15) is 12.2 Å². The Hall–Kier alpha value is -2.10. The molecule has 0 unspecified atom stereocenters. The molecule has 0 spiro atoms. The molecule has 2 amide bonds. The van der Waals surface area contributed by atoms with Crippen LogP contribution in [0.1, 0.15) is 31.5 Å². The molecule has 0 fully saturated rings. The summed E-state index contributed by atoms with van der Waals surface area (Å²) in [5.74, 6) is 2.26. The summed E-state index contributed by atoms with van der Waals surface area (Å²) in [4.78, 5) is 17.9. The summed E-state index contributed by atoms with van der Waals surface area (Å²) in [6.07, 6.45) is 1.68. The van der Waals surface area contributed by atoms with Crippen LogP contribution in [0, 0.1) is 6.92 Å². The van der Waals surface area contributed by atoms with Gasteiger partial charge in [-0.2, -0.15) is 0 Å². The molecular formula is C13H22N8OS. The van der Waals surface area contributed by atoms with Gasteiger partial charge in [-0.15, -0.1) is 15.3 Å². The highest BCUT2D eigenvalue weighted by molar-refractivity contribution is 7.99. The summed E-state index contributed by atoms with van der Waals surface area (Å²) in [7, 11) is 1.74. The maximum Gasteiger partial charge on any atom is 0.317 e. The summed E-state index contributed by atoms with van der Waals surface area (Å²) in [6, 6.07) is 0.118. The van der Waals surface area contributed by atoms with Crippen molar-refractivity contribution in [1.82, 2.24) is 40.2 Å². The van der Waals surface area contributed by atoms with E-state index in [1.165, 1.54) is 11.8 Å². The van der Waals surface area contributed by atoms with Crippen LogP contribution in [0.15, 0.2) is 11.5 Å². The normalized spacial score (nSPS) is 11.0. The highest BCUT2D eigenvalue weighted by Gasteiger charge is 2.14. The number of nitrogens with one attached hydrogen (secondary N) is 2.